The van der Waals surface area contributed by atoms with Gasteiger partial charge >= 0.3 is 0 Å². The maximum absolute atomic E-state index is 12.3. The van der Waals surface area contributed by atoms with Gasteiger partial charge in [-0.1, -0.05) is 31.9 Å². The predicted molar refractivity (Wildman–Crippen MR) is 106 cm³/mol. The van der Waals surface area contributed by atoms with Crippen molar-refractivity contribution in [2.24, 2.45) is 0 Å². The summed E-state index contributed by atoms with van der Waals surface area (Å²) in [4.78, 5) is 16.4. The van der Waals surface area contributed by atoms with Crippen LogP contribution in [0.25, 0.3) is 0 Å². The Kier molecular flexibility index (Phi) is 8.34. The minimum atomic E-state index is -3.60. The number of sulfonamides is 1. The Balaban J connectivity index is 1.91. The molecular weight excluding hydrogens is 390 g/mol. The van der Waals surface area contributed by atoms with E-state index in [1.165, 1.54) is 18.2 Å². The Morgan fingerprint density at radius 1 is 1.22 bits per heavy atom. The fourth-order valence-electron chi connectivity index (χ4n) is 2.78. The van der Waals surface area contributed by atoms with Crippen LogP contribution in [0.3, 0.4) is 0 Å². The molecule has 9 heteroatoms. The number of carbonyl (C=O) groups is 1. The van der Waals surface area contributed by atoms with Crippen molar-refractivity contribution in [2.45, 2.75) is 31.6 Å². The second kappa shape index (κ2) is 10.3. The van der Waals surface area contributed by atoms with Crippen LogP contribution in [0.1, 0.15) is 26.7 Å². The Labute approximate surface area is 166 Å². The van der Waals surface area contributed by atoms with Crippen molar-refractivity contribution in [3.63, 3.8) is 0 Å². The number of hydrogen-bond donors (Lipinski definition) is 1. The van der Waals surface area contributed by atoms with Gasteiger partial charge in [-0.3, -0.25) is 4.79 Å². The van der Waals surface area contributed by atoms with Gasteiger partial charge in [0.15, 0.2) is 6.61 Å². The van der Waals surface area contributed by atoms with Crippen molar-refractivity contribution in [1.82, 2.24) is 14.5 Å². The quantitative estimate of drug-likeness (QED) is 0.621. The van der Waals surface area contributed by atoms with Crippen LogP contribution in [-0.4, -0.2) is 70.0 Å². The van der Waals surface area contributed by atoms with Crippen LogP contribution in [0.4, 0.5) is 0 Å². The molecule has 0 bridgehead atoms. The van der Waals surface area contributed by atoms with E-state index in [1.807, 2.05) is 6.92 Å². The second-order valence-corrected chi connectivity index (χ2v) is 8.62. The third kappa shape index (κ3) is 6.34. The van der Waals surface area contributed by atoms with Gasteiger partial charge in [-0.15, -0.1) is 0 Å². The minimum Gasteiger partial charge on any atom is -0.482 e. The number of rotatable bonds is 9. The molecule has 27 heavy (non-hydrogen) atoms. The summed E-state index contributed by atoms with van der Waals surface area (Å²) in [5, 5.41) is 0.164. The fourth-order valence-corrected chi connectivity index (χ4v) is 4.18. The van der Waals surface area contributed by atoms with Crippen molar-refractivity contribution in [3.05, 3.63) is 23.2 Å². The monoisotopic (exact) mass is 417 g/mol. The SMILES string of the molecule is CCCCNS(=O)(=O)c1ccc(OCC(=O)N2CCN(CC)CC2)c(Cl)c1. The minimum absolute atomic E-state index is 0.0815. The van der Waals surface area contributed by atoms with Gasteiger partial charge in [0.25, 0.3) is 5.91 Å². The highest BCUT2D eigenvalue weighted by molar-refractivity contribution is 7.89. The van der Waals surface area contributed by atoms with E-state index in [9.17, 15) is 13.2 Å². The number of benzene rings is 1. The summed E-state index contributed by atoms with van der Waals surface area (Å²) in [7, 11) is -3.60. The normalized spacial score (nSPS) is 15.7. The van der Waals surface area contributed by atoms with Gasteiger partial charge in [-0.05, 0) is 31.2 Å². The molecule has 0 saturated carbocycles. The average molecular weight is 418 g/mol. The van der Waals surface area contributed by atoms with Crippen molar-refractivity contribution >= 4 is 27.5 Å². The van der Waals surface area contributed by atoms with Gasteiger partial charge in [-0.2, -0.15) is 0 Å². The number of unbranched alkanes of at least 4 members (excludes halogenated alkanes) is 1. The Hall–Kier alpha value is -1.35. The molecule has 0 unspecified atom stereocenters. The molecule has 1 amide bonds. The van der Waals surface area contributed by atoms with Crippen molar-refractivity contribution in [2.75, 3.05) is 45.9 Å². The predicted octanol–water partition coefficient (Wildman–Crippen LogP) is 1.96. The zero-order valence-corrected chi connectivity index (χ0v) is 17.5. The molecule has 1 aliphatic rings. The largest absolute Gasteiger partial charge is 0.482 e. The Morgan fingerprint density at radius 3 is 2.52 bits per heavy atom. The van der Waals surface area contributed by atoms with Gasteiger partial charge in [0.2, 0.25) is 10.0 Å². The zero-order chi connectivity index (χ0) is 19.9. The first-order chi connectivity index (χ1) is 12.9. The van der Waals surface area contributed by atoms with Crippen LogP contribution < -0.4 is 9.46 Å². The van der Waals surface area contributed by atoms with Crippen molar-refractivity contribution in [3.8, 4) is 5.75 Å². The molecule has 152 valence electrons. The molecule has 1 fully saturated rings. The number of likely N-dealkylation sites (N-methyl/N-ethyl adjacent to an activating group) is 1. The first kappa shape index (κ1) is 21.9. The van der Waals surface area contributed by atoms with Gasteiger partial charge in [0, 0.05) is 32.7 Å². The van der Waals surface area contributed by atoms with Crippen LogP contribution >= 0.6 is 11.6 Å². The summed E-state index contributed by atoms with van der Waals surface area (Å²) < 4.78 is 32.5. The first-order valence-corrected chi connectivity index (χ1v) is 11.2. The van der Waals surface area contributed by atoms with Gasteiger partial charge in [0.05, 0.1) is 9.92 Å². The summed E-state index contributed by atoms with van der Waals surface area (Å²) >= 11 is 6.16. The lowest BCUT2D eigenvalue weighted by molar-refractivity contribution is -0.135. The number of halogens is 1. The molecule has 0 spiro atoms. The van der Waals surface area contributed by atoms with E-state index in [0.29, 0.717) is 25.4 Å². The lowest BCUT2D eigenvalue weighted by Crippen LogP contribution is -2.49. The van der Waals surface area contributed by atoms with Crippen LogP contribution in [0, 0.1) is 0 Å². The van der Waals surface area contributed by atoms with E-state index in [0.717, 1.165) is 32.5 Å². The van der Waals surface area contributed by atoms with Crippen molar-refractivity contribution in [1.29, 1.82) is 0 Å². The summed E-state index contributed by atoms with van der Waals surface area (Å²) in [6, 6.07) is 4.26. The van der Waals surface area contributed by atoms with Crippen LogP contribution in [0.5, 0.6) is 5.75 Å². The fraction of sp³-hybridized carbons (Fsp3) is 0.611. The van der Waals surface area contributed by atoms with E-state index in [2.05, 4.69) is 16.5 Å². The second-order valence-electron chi connectivity index (χ2n) is 6.45. The van der Waals surface area contributed by atoms with Gasteiger partial charge in [0.1, 0.15) is 5.75 Å². The van der Waals surface area contributed by atoms with E-state index in [1.54, 1.807) is 4.90 Å². The Bertz CT molecular complexity index is 734. The summed E-state index contributed by atoms with van der Waals surface area (Å²) in [5.41, 5.74) is 0. The number of carbonyl (C=O) groups excluding carboxylic acids is 1. The summed E-state index contributed by atoms with van der Waals surface area (Å²) in [6.45, 7) is 8.43. The molecule has 1 aliphatic heterocycles. The number of ether oxygens (including phenoxy) is 1. The van der Waals surface area contributed by atoms with Crippen LogP contribution in [-0.2, 0) is 14.8 Å². The molecule has 0 aliphatic carbocycles. The van der Waals surface area contributed by atoms with E-state index < -0.39 is 10.0 Å². The average Bonchev–Trinajstić information content (AvgIpc) is 2.67. The highest BCUT2D eigenvalue weighted by Gasteiger charge is 2.21. The van der Waals surface area contributed by atoms with Gasteiger partial charge in [-0.25, -0.2) is 13.1 Å². The molecule has 1 aromatic rings. The maximum Gasteiger partial charge on any atom is 0.260 e. The van der Waals surface area contributed by atoms with E-state index >= 15 is 0 Å². The van der Waals surface area contributed by atoms with Crippen molar-refractivity contribution < 1.29 is 17.9 Å². The smallest absolute Gasteiger partial charge is 0.260 e. The molecule has 1 aromatic carbocycles. The third-order valence-electron chi connectivity index (χ3n) is 4.56. The topological polar surface area (TPSA) is 78.9 Å². The van der Waals surface area contributed by atoms with Crippen LogP contribution in [0.2, 0.25) is 5.02 Å². The molecule has 0 aromatic heterocycles. The zero-order valence-electron chi connectivity index (χ0n) is 15.9. The lowest BCUT2D eigenvalue weighted by atomic mass is 10.3. The molecule has 0 atom stereocenters. The summed E-state index contributed by atoms with van der Waals surface area (Å²) in [6.07, 6.45) is 1.67. The number of hydrogen-bond acceptors (Lipinski definition) is 5. The lowest BCUT2D eigenvalue weighted by Gasteiger charge is -2.33. The van der Waals surface area contributed by atoms with Crippen LogP contribution in [0.15, 0.2) is 23.1 Å². The standard InChI is InChI=1S/C18H28ClN3O4S/c1-3-5-8-20-27(24,25)15-6-7-17(16(19)13-15)26-14-18(23)22-11-9-21(4-2)10-12-22/h6-7,13,20H,3-5,8-12,14H2,1-2H3. The molecular formula is C18H28ClN3O4S. The van der Waals surface area contributed by atoms with E-state index in [-0.39, 0.29) is 22.4 Å². The third-order valence-corrected chi connectivity index (χ3v) is 6.31. The summed E-state index contributed by atoms with van der Waals surface area (Å²) in [5.74, 6) is 0.199. The highest BCUT2D eigenvalue weighted by Crippen LogP contribution is 2.27. The Morgan fingerprint density at radius 2 is 1.93 bits per heavy atom. The van der Waals surface area contributed by atoms with E-state index in [4.69, 9.17) is 16.3 Å². The number of nitrogens with one attached hydrogen (secondary N) is 1. The molecule has 1 saturated heterocycles. The number of nitrogens with zero attached hydrogens (tertiary/aromatic N) is 2. The number of amides is 1. The molecule has 1 N–H and O–H groups in total. The first-order valence-electron chi connectivity index (χ1n) is 9.29. The highest BCUT2D eigenvalue weighted by atomic mass is 35.5. The molecule has 0 radical (unpaired) electrons. The number of piperazine rings is 1. The molecule has 1 heterocycles. The molecule has 2 rings (SSSR count). The molecule has 7 nitrogen and oxygen atoms in total. The van der Waals surface area contributed by atoms with Gasteiger partial charge < -0.3 is 14.5 Å². The maximum atomic E-state index is 12.3.